The van der Waals surface area contributed by atoms with Crippen LogP contribution in [0.1, 0.15) is 29.4 Å². The number of carbonyl (C=O) groups is 2. The van der Waals surface area contributed by atoms with Crippen LogP contribution in [0.2, 0.25) is 0 Å². The number of ether oxygens (including phenoxy) is 1. The summed E-state index contributed by atoms with van der Waals surface area (Å²) >= 11 is 0. The molecule has 0 aliphatic rings. The SMILES string of the molecule is CCOC(=O)CCNC(=O)c1ccnc(C)c1. The summed E-state index contributed by atoms with van der Waals surface area (Å²) in [6.07, 6.45) is 1.76. The predicted octanol–water partition coefficient (Wildman–Crippen LogP) is 1.07. The van der Waals surface area contributed by atoms with Gasteiger partial charge >= 0.3 is 5.97 Å². The molecule has 0 fully saturated rings. The van der Waals surface area contributed by atoms with Gasteiger partial charge in [0.25, 0.3) is 5.91 Å². The minimum Gasteiger partial charge on any atom is -0.466 e. The highest BCUT2D eigenvalue weighted by Crippen LogP contribution is 2.00. The minimum absolute atomic E-state index is 0.184. The lowest BCUT2D eigenvalue weighted by Crippen LogP contribution is -2.26. The molecule has 0 saturated carbocycles. The van der Waals surface area contributed by atoms with E-state index in [4.69, 9.17) is 4.74 Å². The van der Waals surface area contributed by atoms with Gasteiger partial charge in [-0.15, -0.1) is 0 Å². The summed E-state index contributed by atoms with van der Waals surface area (Å²) in [5.74, 6) is -0.515. The van der Waals surface area contributed by atoms with Crippen molar-refractivity contribution in [3.63, 3.8) is 0 Å². The number of pyridine rings is 1. The van der Waals surface area contributed by atoms with Crippen LogP contribution in [0.5, 0.6) is 0 Å². The maximum Gasteiger partial charge on any atom is 0.307 e. The first kappa shape index (κ1) is 13.2. The third kappa shape index (κ3) is 4.63. The van der Waals surface area contributed by atoms with E-state index >= 15 is 0 Å². The Morgan fingerprint density at radius 1 is 1.47 bits per heavy atom. The van der Waals surface area contributed by atoms with Crippen LogP contribution in [-0.2, 0) is 9.53 Å². The van der Waals surface area contributed by atoms with Gasteiger partial charge in [-0.1, -0.05) is 0 Å². The van der Waals surface area contributed by atoms with Crippen LogP contribution < -0.4 is 5.32 Å². The van der Waals surface area contributed by atoms with Crippen molar-refractivity contribution in [2.45, 2.75) is 20.3 Å². The molecule has 1 rings (SSSR count). The van der Waals surface area contributed by atoms with Crippen LogP contribution >= 0.6 is 0 Å². The Morgan fingerprint density at radius 3 is 2.88 bits per heavy atom. The molecule has 1 N–H and O–H groups in total. The minimum atomic E-state index is -0.307. The van der Waals surface area contributed by atoms with E-state index in [1.807, 2.05) is 6.92 Å². The van der Waals surface area contributed by atoms with Gasteiger partial charge in [0.2, 0.25) is 0 Å². The van der Waals surface area contributed by atoms with Crippen molar-refractivity contribution in [1.29, 1.82) is 0 Å². The molecule has 0 radical (unpaired) electrons. The average molecular weight is 236 g/mol. The van der Waals surface area contributed by atoms with Gasteiger partial charge in [0, 0.05) is 24.0 Å². The number of aryl methyl sites for hydroxylation is 1. The van der Waals surface area contributed by atoms with Crippen molar-refractivity contribution in [2.75, 3.05) is 13.2 Å². The first-order chi connectivity index (χ1) is 8.13. The number of esters is 1. The van der Waals surface area contributed by atoms with Crippen LogP contribution in [0.4, 0.5) is 0 Å². The van der Waals surface area contributed by atoms with E-state index in [-0.39, 0.29) is 24.8 Å². The highest BCUT2D eigenvalue weighted by Gasteiger charge is 2.07. The fourth-order valence-electron chi connectivity index (χ4n) is 1.30. The zero-order valence-corrected chi connectivity index (χ0v) is 10.0. The summed E-state index contributed by atoms with van der Waals surface area (Å²) in [6.45, 7) is 4.20. The number of amides is 1. The third-order valence-electron chi connectivity index (χ3n) is 2.08. The van der Waals surface area contributed by atoms with Crippen molar-refractivity contribution < 1.29 is 14.3 Å². The Bertz CT molecular complexity index is 404. The molecule has 0 atom stereocenters. The summed E-state index contributed by atoms with van der Waals surface area (Å²) in [4.78, 5) is 26.7. The van der Waals surface area contributed by atoms with Gasteiger partial charge in [0.15, 0.2) is 0 Å². The van der Waals surface area contributed by atoms with E-state index in [1.54, 1.807) is 25.3 Å². The molecular weight excluding hydrogens is 220 g/mol. The second kappa shape index (κ2) is 6.62. The Kier molecular flexibility index (Phi) is 5.13. The second-order valence-electron chi connectivity index (χ2n) is 3.50. The molecule has 1 aromatic rings. The van der Waals surface area contributed by atoms with Crippen LogP contribution in [0.3, 0.4) is 0 Å². The van der Waals surface area contributed by atoms with E-state index in [0.717, 1.165) is 5.69 Å². The van der Waals surface area contributed by atoms with Gasteiger partial charge in [-0.05, 0) is 26.0 Å². The number of aromatic nitrogens is 1. The van der Waals surface area contributed by atoms with Crippen LogP contribution in [0.15, 0.2) is 18.3 Å². The largest absolute Gasteiger partial charge is 0.466 e. The van der Waals surface area contributed by atoms with Crippen molar-refractivity contribution in [1.82, 2.24) is 10.3 Å². The summed E-state index contributed by atoms with van der Waals surface area (Å²) in [7, 11) is 0. The average Bonchev–Trinajstić information content (AvgIpc) is 2.29. The number of nitrogens with one attached hydrogen (secondary N) is 1. The molecule has 92 valence electrons. The van der Waals surface area contributed by atoms with Crippen LogP contribution in [0.25, 0.3) is 0 Å². The molecule has 5 heteroatoms. The van der Waals surface area contributed by atoms with E-state index in [0.29, 0.717) is 12.2 Å². The summed E-state index contributed by atoms with van der Waals surface area (Å²) < 4.78 is 4.75. The topological polar surface area (TPSA) is 68.3 Å². The van der Waals surface area contributed by atoms with E-state index in [2.05, 4.69) is 10.3 Å². The molecular formula is C12H16N2O3. The lowest BCUT2D eigenvalue weighted by atomic mass is 10.2. The highest BCUT2D eigenvalue weighted by molar-refractivity contribution is 5.94. The molecule has 0 aliphatic heterocycles. The number of nitrogens with zero attached hydrogens (tertiary/aromatic N) is 1. The first-order valence-electron chi connectivity index (χ1n) is 5.50. The standard InChI is InChI=1S/C12H16N2O3/c1-3-17-11(15)5-7-14-12(16)10-4-6-13-9(2)8-10/h4,6,8H,3,5,7H2,1-2H3,(H,14,16). The number of hydrogen-bond donors (Lipinski definition) is 1. The Morgan fingerprint density at radius 2 is 2.24 bits per heavy atom. The Labute approximate surface area is 100 Å². The third-order valence-corrected chi connectivity index (χ3v) is 2.08. The molecule has 0 aromatic carbocycles. The van der Waals surface area contributed by atoms with Crippen molar-refractivity contribution >= 4 is 11.9 Å². The number of carbonyl (C=O) groups excluding carboxylic acids is 2. The smallest absolute Gasteiger partial charge is 0.307 e. The van der Waals surface area contributed by atoms with Crippen LogP contribution in [-0.4, -0.2) is 30.0 Å². The van der Waals surface area contributed by atoms with Gasteiger partial charge in [-0.3, -0.25) is 14.6 Å². The molecule has 1 amide bonds. The predicted molar refractivity (Wildman–Crippen MR) is 62.6 cm³/mol. The lowest BCUT2D eigenvalue weighted by molar-refractivity contribution is -0.142. The number of hydrogen-bond acceptors (Lipinski definition) is 4. The Hall–Kier alpha value is -1.91. The Balaban J connectivity index is 2.38. The van der Waals surface area contributed by atoms with E-state index in [9.17, 15) is 9.59 Å². The fourth-order valence-corrected chi connectivity index (χ4v) is 1.30. The molecule has 5 nitrogen and oxygen atoms in total. The zero-order chi connectivity index (χ0) is 12.7. The molecule has 1 heterocycles. The molecule has 0 saturated heterocycles. The lowest BCUT2D eigenvalue weighted by Gasteiger charge is -2.05. The summed E-state index contributed by atoms with van der Waals surface area (Å²) in [5, 5.41) is 2.65. The maximum absolute atomic E-state index is 11.6. The molecule has 0 aliphatic carbocycles. The summed E-state index contributed by atoms with van der Waals surface area (Å²) in [5.41, 5.74) is 1.32. The van der Waals surface area contributed by atoms with Gasteiger partial charge in [-0.2, -0.15) is 0 Å². The summed E-state index contributed by atoms with van der Waals surface area (Å²) in [6, 6.07) is 3.33. The van der Waals surface area contributed by atoms with E-state index < -0.39 is 0 Å². The van der Waals surface area contributed by atoms with Gasteiger partial charge in [0.05, 0.1) is 13.0 Å². The van der Waals surface area contributed by atoms with Gasteiger partial charge in [0.1, 0.15) is 0 Å². The second-order valence-corrected chi connectivity index (χ2v) is 3.50. The van der Waals surface area contributed by atoms with Gasteiger partial charge < -0.3 is 10.1 Å². The zero-order valence-electron chi connectivity index (χ0n) is 10.0. The van der Waals surface area contributed by atoms with Crippen molar-refractivity contribution in [3.05, 3.63) is 29.6 Å². The monoisotopic (exact) mass is 236 g/mol. The van der Waals surface area contributed by atoms with E-state index in [1.165, 1.54) is 0 Å². The molecule has 0 unspecified atom stereocenters. The number of rotatable bonds is 5. The molecule has 1 aromatic heterocycles. The van der Waals surface area contributed by atoms with Crippen molar-refractivity contribution in [3.8, 4) is 0 Å². The molecule has 0 bridgehead atoms. The fraction of sp³-hybridized carbons (Fsp3) is 0.417. The highest BCUT2D eigenvalue weighted by atomic mass is 16.5. The van der Waals surface area contributed by atoms with Crippen molar-refractivity contribution in [2.24, 2.45) is 0 Å². The van der Waals surface area contributed by atoms with Gasteiger partial charge in [-0.25, -0.2) is 0 Å². The first-order valence-corrected chi connectivity index (χ1v) is 5.50. The molecule has 0 spiro atoms. The maximum atomic E-state index is 11.6. The quantitative estimate of drug-likeness (QED) is 0.776. The van der Waals surface area contributed by atoms with Crippen LogP contribution in [0, 0.1) is 6.92 Å². The molecule has 17 heavy (non-hydrogen) atoms. The normalized spacial score (nSPS) is 9.76.